The van der Waals surface area contributed by atoms with Gasteiger partial charge < -0.3 is 9.15 Å². The number of carbonyl (C=O) groups excluding carboxylic acids is 2. The van der Waals surface area contributed by atoms with Crippen LogP contribution >= 0.6 is 11.3 Å². The van der Waals surface area contributed by atoms with Gasteiger partial charge in [-0.3, -0.25) is 10.1 Å². The van der Waals surface area contributed by atoms with Gasteiger partial charge in [0.15, 0.2) is 23.7 Å². The van der Waals surface area contributed by atoms with Crippen molar-refractivity contribution >= 4 is 50.2 Å². The number of nitrogens with one attached hydrogen (secondary N) is 1. The van der Waals surface area contributed by atoms with E-state index in [1.54, 1.807) is 18.2 Å². The van der Waals surface area contributed by atoms with Crippen LogP contribution in [0.25, 0.3) is 33.1 Å². The monoisotopic (exact) mass is 429 g/mol. The minimum atomic E-state index is -0.648. The molecule has 31 heavy (non-hydrogen) atoms. The van der Waals surface area contributed by atoms with E-state index in [1.165, 1.54) is 17.7 Å². The van der Waals surface area contributed by atoms with E-state index in [4.69, 9.17) is 9.15 Å². The van der Waals surface area contributed by atoms with E-state index in [9.17, 15) is 9.59 Å². The minimum absolute atomic E-state index is 0.242. The smallest absolute Gasteiger partial charge is 0.340 e. The Morgan fingerprint density at radius 3 is 2.81 bits per heavy atom. The van der Waals surface area contributed by atoms with E-state index in [0.717, 1.165) is 22.0 Å². The first-order chi connectivity index (χ1) is 15.2. The molecular formula is C23H15N3O4S. The molecule has 0 aliphatic heterocycles. The van der Waals surface area contributed by atoms with Crippen LogP contribution in [0.4, 0.5) is 5.13 Å². The molecule has 0 radical (unpaired) electrons. The summed E-state index contributed by atoms with van der Waals surface area (Å²) < 4.78 is 10.3. The van der Waals surface area contributed by atoms with Crippen LogP contribution in [-0.4, -0.2) is 28.5 Å². The number of thiazole rings is 1. The van der Waals surface area contributed by atoms with Crippen LogP contribution in [0.2, 0.25) is 0 Å². The van der Waals surface area contributed by atoms with Crippen LogP contribution in [0.15, 0.2) is 76.9 Å². The molecule has 5 aromatic rings. The standard InChI is InChI=1S/C23H15N3O4S/c27-20(11-29-22(28)17-6-3-7-19-21(17)24-13-30-19)26-23-25-18(12-31-23)16-9-8-14-4-1-2-5-15(14)10-16/h1-10,12-13H,11H2,(H,25,26,27). The van der Waals surface area contributed by atoms with Crippen LogP contribution in [0.1, 0.15) is 10.4 Å². The topological polar surface area (TPSA) is 94.3 Å². The molecule has 0 aliphatic rings. The number of nitrogens with zero attached hydrogens (tertiary/aromatic N) is 2. The molecule has 0 unspecified atom stereocenters. The maximum absolute atomic E-state index is 12.3. The molecule has 0 atom stereocenters. The van der Waals surface area contributed by atoms with E-state index < -0.39 is 18.5 Å². The molecule has 0 aliphatic carbocycles. The number of benzene rings is 3. The third kappa shape index (κ3) is 3.88. The van der Waals surface area contributed by atoms with Crippen molar-refractivity contribution in [1.29, 1.82) is 0 Å². The lowest BCUT2D eigenvalue weighted by atomic mass is 10.1. The number of para-hydroxylation sites is 1. The normalized spacial score (nSPS) is 11.0. The van der Waals surface area contributed by atoms with E-state index in [0.29, 0.717) is 16.2 Å². The Morgan fingerprint density at radius 1 is 1.03 bits per heavy atom. The number of aromatic nitrogens is 2. The first kappa shape index (κ1) is 19.0. The number of rotatable bonds is 5. The lowest BCUT2D eigenvalue weighted by molar-refractivity contribution is -0.119. The number of hydrogen-bond acceptors (Lipinski definition) is 7. The third-order valence-electron chi connectivity index (χ3n) is 4.71. The van der Waals surface area contributed by atoms with Crippen LogP contribution in [0.5, 0.6) is 0 Å². The first-order valence-corrected chi connectivity index (χ1v) is 10.3. The molecule has 3 aromatic carbocycles. The van der Waals surface area contributed by atoms with Crippen LogP contribution in [0, 0.1) is 0 Å². The third-order valence-corrected chi connectivity index (χ3v) is 5.47. The minimum Gasteiger partial charge on any atom is -0.452 e. The van der Waals surface area contributed by atoms with Crippen molar-refractivity contribution in [3.05, 3.63) is 78.0 Å². The van der Waals surface area contributed by atoms with Gasteiger partial charge in [0.1, 0.15) is 5.52 Å². The number of anilines is 1. The van der Waals surface area contributed by atoms with Crippen LogP contribution in [0.3, 0.4) is 0 Å². The summed E-state index contributed by atoms with van der Waals surface area (Å²) >= 11 is 1.31. The predicted molar refractivity (Wildman–Crippen MR) is 118 cm³/mol. The van der Waals surface area contributed by atoms with Crippen molar-refractivity contribution in [3.63, 3.8) is 0 Å². The molecule has 0 saturated heterocycles. The summed E-state index contributed by atoms with van der Waals surface area (Å²) in [5.41, 5.74) is 2.84. The molecule has 2 aromatic heterocycles. The molecule has 1 amide bonds. The fourth-order valence-electron chi connectivity index (χ4n) is 3.23. The van der Waals surface area contributed by atoms with Gasteiger partial charge >= 0.3 is 5.97 Å². The van der Waals surface area contributed by atoms with Crippen molar-refractivity contribution < 1.29 is 18.7 Å². The van der Waals surface area contributed by atoms with E-state index in [-0.39, 0.29) is 5.56 Å². The van der Waals surface area contributed by atoms with E-state index in [1.807, 2.05) is 35.7 Å². The number of oxazole rings is 1. The highest BCUT2D eigenvalue weighted by atomic mass is 32.1. The summed E-state index contributed by atoms with van der Waals surface area (Å²) in [6.45, 7) is -0.433. The van der Waals surface area contributed by atoms with Gasteiger partial charge in [0.2, 0.25) is 0 Å². The summed E-state index contributed by atoms with van der Waals surface area (Å²) in [6, 6.07) is 19.1. The molecule has 0 bridgehead atoms. The van der Waals surface area contributed by atoms with Gasteiger partial charge in [0.25, 0.3) is 5.91 Å². The molecule has 8 heteroatoms. The lowest BCUT2D eigenvalue weighted by Gasteiger charge is -2.05. The van der Waals surface area contributed by atoms with E-state index in [2.05, 4.69) is 27.4 Å². The predicted octanol–water partition coefficient (Wildman–Crippen LogP) is 4.90. The second kappa shape index (κ2) is 8.00. The molecule has 5 rings (SSSR count). The molecule has 2 heterocycles. The second-order valence-corrected chi connectivity index (χ2v) is 7.59. The Hall–Kier alpha value is -4.04. The largest absolute Gasteiger partial charge is 0.452 e. The van der Waals surface area contributed by atoms with Crippen molar-refractivity contribution in [2.75, 3.05) is 11.9 Å². The van der Waals surface area contributed by atoms with Gasteiger partial charge in [-0.05, 0) is 29.0 Å². The quantitative estimate of drug-likeness (QED) is 0.399. The highest BCUT2D eigenvalue weighted by Gasteiger charge is 2.16. The number of carbonyl (C=O) groups is 2. The summed E-state index contributed by atoms with van der Waals surface area (Å²) in [4.78, 5) is 33.0. The zero-order chi connectivity index (χ0) is 21.2. The lowest BCUT2D eigenvalue weighted by Crippen LogP contribution is -2.21. The van der Waals surface area contributed by atoms with Crippen molar-refractivity contribution in [3.8, 4) is 11.3 Å². The zero-order valence-electron chi connectivity index (χ0n) is 16.1. The summed E-state index contributed by atoms with van der Waals surface area (Å²) in [7, 11) is 0. The summed E-state index contributed by atoms with van der Waals surface area (Å²) in [5.74, 6) is -1.12. The molecule has 0 fully saturated rings. The van der Waals surface area contributed by atoms with E-state index >= 15 is 0 Å². The Balaban J connectivity index is 1.23. The Kier molecular flexibility index (Phi) is 4.89. The zero-order valence-corrected chi connectivity index (χ0v) is 16.9. The molecule has 0 saturated carbocycles. The average Bonchev–Trinajstić information content (AvgIpc) is 3.46. The second-order valence-electron chi connectivity index (χ2n) is 6.73. The van der Waals surface area contributed by atoms with Crippen molar-refractivity contribution in [1.82, 2.24) is 9.97 Å². The fraction of sp³-hybridized carbons (Fsp3) is 0.0435. The van der Waals surface area contributed by atoms with Crippen LogP contribution in [-0.2, 0) is 9.53 Å². The number of esters is 1. The Bertz CT molecular complexity index is 1420. The number of ether oxygens (including phenoxy) is 1. The van der Waals surface area contributed by atoms with Gasteiger partial charge in [-0.1, -0.05) is 42.5 Å². The maximum atomic E-state index is 12.3. The fourth-order valence-corrected chi connectivity index (χ4v) is 3.96. The highest BCUT2D eigenvalue weighted by molar-refractivity contribution is 7.14. The molecule has 7 nitrogen and oxygen atoms in total. The highest BCUT2D eigenvalue weighted by Crippen LogP contribution is 2.27. The number of amides is 1. The first-order valence-electron chi connectivity index (χ1n) is 9.41. The summed E-state index contributed by atoms with van der Waals surface area (Å²) in [5, 5.41) is 7.24. The summed E-state index contributed by atoms with van der Waals surface area (Å²) in [6.07, 6.45) is 1.25. The van der Waals surface area contributed by atoms with Gasteiger partial charge in [0, 0.05) is 10.9 Å². The van der Waals surface area contributed by atoms with Gasteiger partial charge in [-0.25, -0.2) is 14.8 Å². The van der Waals surface area contributed by atoms with Crippen molar-refractivity contribution in [2.45, 2.75) is 0 Å². The van der Waals surface area contributed by atoms with Gasteiger partial charge in [0.05, 0.1) is 11.3 Å². The molecule has 1 N–H and O–H groups in total. The number of fused-ring (bicyclic) bond motifs is 2. The number of hydrogen-bond donors (Lipinski definition) is 1. The maximum Gasteiger partial charge on any atom is 0.340 e. The van der Waals surface area contributed by atoms with Crippen LogP contribution < -0.4 is 5.32 Å². The van der Waals surface area contributed by atoms with Gasteiger partial charge in [-0.2, -0.15) is 0 Å². The Morgan fingerprint density at radius 2 is 1.90 bits per heavy atom. The van der Waals surface area contributed by atoms with Gasteiger partial charge in [-0.15, -0.1) is 11.3 Å². The molecule has 0 spiro atoms. The Labute approximate surface area is 180 Å². The SMILES string of the molecule is O=C(COC(=O)c1cccc2ocnc12)Nc1nc(-c2ccc3ccccc3c2)cs1. The van der Waals surface area contributed by atoms with Crippen molar-refractivity contribution in [2.24, 2.45) is 0 Å². The average molecular weight is 429 g/mol. The molecular weight excluding hydrogens is 414 g/mol. The molecule has 152 valence electrons.